The number of hydrogen-bond acceptors (Lipinski definition) is 3. The van der Waals surface area contributed by atoms with Crippen LogP contribution in [0, 0.1) is 13.8 Å². The normalized spacial score (nSPS) is 11.3. The van der Waals surface area contributed by atoms with E-state index in [9.17, 15) is 4.79 Å². The van der Waals surface area contributed by atoms with Gasteiger partial charge in [-0.3, -0.25) is 9.78 Å². The number of aromatic nitrogens is 1. The van der Waals surface area contributed by atoms with Crippen molar-refractivity contribution in [2.45, 2.75) is 13.8 Å². The van der Waals surface area contributed by atoms with Crippen LogP contribution in [0.2, 0.25) is 5.02 Å². The fourth-order valence-electron chi connectivity index (χ4n) is 2.35. The molecule has 1 aromatic carbocycles. The molecule has 116 valence electrons. The molecule has 23 heavy (non-hydrogen) atoms. The first-order chi connectivity index (χ1) is 11.0. The summed E-state index contributed by atoms with van der Waals surface area (Å²) in [6.07, 6.45) is 4.61. The maximum absolute atomic E-state index is 12.1. The number of fused-ring (bicyclic) bond motifs is 1. The molecule has 0 aliphatic heterocycles. The Balaban J connectivity index is 1.93. The van der Waals surface area contributed by atoms with Crippen LogP contribution >= 0.6 is 11.6 Å². The number of pyridine rings is 1. The van der Waals surface area contributed by atoms with Gasteiger partial charge in [-0.15, -0.1) is 0 Å². The van der Waals surface area contributed by atoms with Gasteiger partial charge < -0.3 is 9.73 Å². The highest BCUT2D eigenvalue weighted by Gasteiger charge is 2.10. The fourth-order valence-corrected chi connectivity index (χ4v) is 2.51. The predicted molar refractivity (Wildman–Crippen MR) is 92.6 cm³/mol. The van der Waals surface area contributed by atoms with E-state index in [-0.39, 0.29) is 5.91 Å². The second-order valence-electron chi connectivity index (χ2n) is 5.22. The van der Waals surface area contributed by atoms with Crippen LogP contribution in [-0.2, 0) is 4.79 Å². The highest BCUT2D eigenvalue weighted by Crippen LogP contribution is 2.29. The molecule has 3 rings (SSSR count). The van der Waals surface area contributed by atoms with E-state index in [1.54, 1.807) is 24.5 Å². The molecule has 2 heterocycles. The molecule has 0 saturated carbocycles. The van der Waals surface area contributed by atoms with Crippen molar-refractivity contribution in [2.24, 2.45) is 0 Å². The number of carbonyl (C=O) groups is 1. The zero-order chi connectivity index (χ0) is 16.4. The Morgan fingerprint density at radius 1 is 1.30 bits per heavy atom. The molecule has 3 aromatic rings. The van der Waals surface area contributed by atoms with Gasteiger partial charge in [0.05, 0.1) is 17.5 Å². The van der Waals surface area contributed by atoms with Crippen molar-refractivity contribution in [3.63, 3.8) is 0 Å². The van der Waals surface area contributed by atoms with Crippen molar-refractivity contribution >= 4 is 40.2 Å². The lowest BCUT2D eigenvalue weighted by atomic mass is 10.1. The van der Waals surface area contributed by atoms with Crippen molar-refractivity contribution in [3.8, 4) is 0 Å². The first-order valence-electron chi connectivity index (χ1n) is 7.13. The minimum absolute atomic E-state index is 0.235. The van der Waals surface area contributed by atoms with Gasteiger partial charge in [0.1, 0.15) is 5.76 Å². The van der Waals surface area contributed by atoms with Gasteiger partial charge in [-0.1, -0.05) is 11.6 Å². The molecule has 1 N–H and O–H groups in total. The van der Waals surface area contributed by atoms with Gasteiger partial charge in [0.15, 0.2) is 0 Å². The molecule has 0 saturated heterocycles. The number of furan rings is 1. The molecular weight excluding hydrogens is 312 g/mol. The van der Waals surface area contributed by atoms with Gasteiger partial charge in [-0.25, -0.2) is 0 Å². The number of nitrogens with one attached hydrogen (secondary N) is 1. The average molecular weight is 327 g/mol. The number of anilines is 1. The first kappa shape index (κ1) is 15.3. The van der Waals surface area contributed by atoms with E-state index in [1.807, 2.05) is 32.0 Å². The lowest BCUT2D eigenvalue weighted by molar-refractivity contribution is -0.111. The summed E-state index contributed by atoms with van der Waals surface area (Å²) in [7, 11) is 0. The summed E-state index contributed by atoms with van der Waals surface area (Å²) in [5.74, 6) is 0.388. The SMILES string of the molecule is Cc1cc(NC(=O)/C=C/c2ccco2)c2ccc(Cl)c(C)c2n1. The van der Waals surface area contributed by atoms with Crippen LogP contribution < -0.4 is 5.32 Å². The summed E-state index contributed by atoms with van der Waals surface area (Å²) in [4.78, 5) is 16.7. The van der Waals surface area contributed by atoms with E-state index in [2.05, 4.69) is 10.3 Å². The number of hydrogen-bond donors (Lipinski definition) is 1. The Labute approximate surface area is 138 Å². The molecule has 0 spiro atoms. The lowest BCUT2D eigenvalue weighted by Crippen LogP contribution is -2.09. The number of rotatable bonds is 3. The van der Waals surface area contributed by atoms with Gasteiger partial charge >= 0.3 is 0 Å². The zero-order valence-corrected chi connectivity index (χ0v) is 13.5. The van der Waals surface area contributed by atoms with Gasteiger partial charge in [-0.2, -0.15) is 0 Å². The quantitative estimate of drug-likeness (QED) is 0.707. The smallest absolute Gasteiger partial charge is 0.248 e. The third-order valence-electron chi connectivity index (χ3n) is 3.50. The fraction of sp³-hybridized carbons (Fsp3) is 0.111. The molecule has 0 fully saturated rings. The molecule has 0 unspecified atom stereocenters. The lowest BCUT2D eigenvalue weighted by Gasteiger charge is -2.11. The molecule has 2 aromatic heterocycles. The van der Waals surface area contributed by atoms with Crippen molar-refractivity contribution in [1.82, 2.24) is 4.98 Å². The first-order valence-corrected chi connectivity index (χ1v) is 7.51. The van der Waals surface area contributed by atoms with E-state index in [0.29, 0.717) is 16.5 Å². The molecular formula is C18H15ClN2O2. The third-order valence-corrected chi connectivity index (χ3v) is 3.91. The van der Waals surface area contributed by atoms with Crippen LogP contribution in [-0.4, -0.2) is 10.9 Å². The predicted octanol–water partition coefficient (Wildman–Crippen LogP) is 4.75. The standard InChI is InChI=1S/C18H15ClN2O2/c1-11-10-16(14-6-7-15(19)12(2)18(14)20-11)21-17(22)8-5-13-4-3-9-23-13/h3-10H,1-2H3,(H,20,21,22)/b8-5+. The number of amides is 1. The average Bonchev–Trinajstić information content (AvgIpc) is 3.03. The van der Waals surface area contributed by atoms with Gasteiger partial charge in [0.25, 0.3) is 0 Å². The molecule has 0 aliphatic carbocycles. The topological polar surface area (TPSA) is 55.1 Å². The maximum atomic E-state index is 12.1. The van der Waals surface area contributed by atoms with Crippen molar-refractivity contribution < 1.29 is 9.21 Å². The van der Waals surface area contributed by atoms with Crippen LogP contribution in [0.1, 0.15) is 17.0 Å². The van der Waals surface area contributed by atoms with E-state index < -0.39 is 0 Å². The minimum atomic E-state index is -0.235. The van der Waals surface area contributed by atoms with E-state index in [1.165, 1.54) is 6.08 Å². The highest BCUT2D eigenvalue weighted by atomic mass is 35.5. The number of halogens is 1. The summed E-state index contributed by atoms with van der Waals surface area (Å²) in [6, 6.07) is 9.06. The summed E-state index contributed by atoms with van der Waals surface area (Å²) < 4.78 is 5.16. The van der Waals surface area contributed by atoms with Gasteiger partial charge in [0.2, 0.25) is 5.91 Å². The van der Waals surface area contributed by atoms with Crippen molar-refractivity contribution in [3.05, 3.63) is 64.7 Å². The van der Waals surface area contributed by atoms with Crippen molar-refractivity contribution in [1.29, 1.82) is 0 Å². The second kappa shape index (κ2) is 6.26. The van der Waals surface area contributed by atoms with Crippen molar-refractivity contribution in [2.75, 3.05) is 5.32 Å². The highest BCUT2D eigenvalue weighted by molar-refractivity contribution is 6.32. The Bertz CT molecular complexity index is 899. The van der Waals surface area contributed by atoms with E-state index in [4.69, 9.17) is 16.0 Å². The molecule has 4 nitrogen and oxygen atoms in total. The summed E-state index contributed by atoms with van der Waals surface area (Å²) >= 11 is 6.16. The summed E-state index contributed by atoms with van der Waals surface area (Å²) in [5, 5.41) is 4.40. The van der Waals surface area contributed by atoms with Crippen LogP contribution in [0.15, 0.2) is 47.1 Å². The van der Waals surface area contributed by atoms with Crippen LogP contribution in [0.25, 0.3) is 17.0 Å². The summed E-state index contributed by atoms with van der Waals surface area (Å²) in [6.45, 7) is 3.80. The Hall–Kier alpha value is -2.59. The molecule has 0 radical (unpaired) electrons. The summed E-state index contributed by atoms with van der Waals surface area (Å²) in [5.41, 5.74) is 3.21. The molecule has 0 bridgehead atoms. The molecule has 0 atom stereocenters. The Morgan fingerprint density at radius 2 is 2.13 bits per heavy atom. The van der Waals surface area contributed by atoms with Crippen LogP contribution in [0.4, 0.5) is 5.69 Å². The largest absolute Gasteiger partial charge is 0.465 e. The third kappa shape index (κ3) is 3.27. The van der Waals surface area contributed by atoms with E-state index >= 15 is 0 Å². The number of nitrogens with zero attached hydrogens (tertiary/aromatic N) is 1. The Kier molecular flexibility index (Phi) is 4.17. The minimum Gasteiger partial charge on any atom is -0.465 e. The van der Waals surface area contributed by atoms with E-state index in [0.717, 1.165) is 22.2 Å². The Morgan fingerprint density at radius 3 is 2.87 bits per heavy atom. The number of carbonyl (C=O) groups excluding carboxylic acids is 1. The zero-order valence-electron chi connectivity index (χ0n) is 12.8. The van der Waals surface area contributed by atoms with Crippen LogP contribution in [0.5, 0.6) is 0 Å². The molecule has 5 heteroatoms. The van der Waals surface area contributed by atoms with Gasteiger partial charge in [-0.05, 0) is 55.8 Å². The number of aryl methyl sites for hydroxylation is 2. The van der Waals surface area contributed by atoms with Gasteiger partial charge in [0, 0.05) is 22.2 Å². The second-order valence-corrected chi connectivity index (χ2v) is 5.62. The molecule has 1 amide bonds. The number of benzene rings is 1. The molecule has 0 aliphatic rings. The monoisotopic (exact) mass is 326 g/mol. The van der Waals surface area contributed by atoms with Crippen LogP contribution in [0.3, 0.4) is 0 Å². The maximum Gasteiger partial charge on any atom is 0.248 e.